The van der Waals surface area contributed by atoms with Crippen molar-refractivity contribution in [3.63, 3.8) is 0 Å². The first-order valence-corrected chi connectivity index (χ1v) is 8.85. The van der Waals surface area contributed by atoms with Gasteiger partial charge < -0.3 is 10.7 Å². The molecule has 0 saturated carbocycles. The number of aromatic nitrogens is 1. The lowest BCUT2D eigenvalue weighted by atomic mass is 10.1. The normalized spacial score (nSPS) is 12.9. The highest BCUT2D eigenvalue weighted by Gasteiger charge is 2.06. The van der Waals surface area contributed by atoms with E-state index >= 15 is 0 Å². The van der Waals surface area contributed by atoms with E-state index in [9.17, 15) is 8.42 Å². The Morgan fingerprint density at radius 2 is 2.15 bits per heavy atom. The molecule has 1 aromatic carbocycles. The summed E-state index contributed by atoms with van der Waals surface area (Å²) in [5.41, 5.74) is 7.79. The number of para-hydroxylation sites is 1. The highest BCUT2D eigenvalue weighted by molar-refractivity contribution is 8.70. The molecule has 1 heterocycles. The molecule has 0 bridgehead atoms. The van der Waals surface area contributed by atoms with E-state index in [1.807, 2.05) is 30.5 Å². The quantitative estimate of drug-likeness (QED) is 0.325. The Morgan fingerprint density at radius 1 is 1.40 bits per heavy atom. The lowest BCUT2D eigenvalue weighted by molar-refractivity contribution is 0.503. The maximum atomic E-state index is 10.5. The number of amidine groups is 1. The third-order valence-corrected chi connectivity index (χ3v) is 4.69. The highest BCUT2D eigenvalue weighted by atomic mass is 33.1. The van der Waals surface area contributed by atoms with Crippen molar-refractivity contribution in [1.82, 2.24) is 4.98 Å². The van der Waals surface area contributed by atoms with Gasteiger partial charge in [0.15, 0.2) is 0 Å². The summed E-state index contributed by atoms with van der Waals surface area (Å²) in [6.45, 7) is 0.472. The van der Waals surface area contributed by atoms with Crippen molar-refractivity contribution in [3.05, 3.63) is 36.0 Å². The molecule has 6 nitrogen and oxygen atoms in total. The monoisotopic (exact) mass is 313 g/mol. The number of aliphatic imine (C=N–C) groups is 1. The minimum atomic E-state index is -4.07. The highest BCUT2D eigenvalue weighted by Crippen LogP contribution is 2.18. The van der Waals surface area contributed by atoms with E-state index in [-0.39, 0.29) is 11.6 Å². The first-order valence-electron chi connectivity index (χ1n) is 5.91. The molecular formula is C12H15N3O3S2. The summed E-state index contributed by atoms with van der Waals surface area (Å²) in [6.07, 6.45) is 2.64. The third-order valence-electron chi connectivity index (χ3n) is 2.73. The summed E-state index contributed by atoms with van der Waals surface area (Å²) in [5, 5.41) is 1.15. The second kappa shape index (κ2) is 6.29. The number of fused-ring (bicyclic) bond motifs is 1. The fourth-order valence-electron chi connectivity index (χ4n) is 1.84. The zero-order chi connectivity index (χ0) is 14.6. The SMILES string of the molecule is NC(CSS(=O)(=O)O)=NCCc1c[nH]c2ccccc12. The largest absolute Gasteiger partial charge is 0.387 e. The smallest absolute Gasteiger partial charge is 0.320 e. The van der Waals surface area contributed by atoms with E-state index in [0.29, 0.717) is 23.8 Å². The Morgan fingerprint density at radius 3 is 2.90 bits per heavy atom. The van der Waals surface area contributed by atoms with Crippen LogP contribution in [-0.2, 0) is 15.6 Å². The van der Waals surface area contributed by atoms with Crippen molar-refractivity contribution in [3.8, 4) is 0 Å². The van der Waals surface area contributed by atoms with Gasteiger partial charge in [-0.2, -0.15) is 8.42 Å². The van der Waals surface area contributed by atoms with Crippen LogP contribution < -0.4 is 5.73 Å². The maximum Gasteiger partial charge on any atom is 0.320 e. The van der Waals surface area contributed by atoms with Crippen LogP contribution in [-0.4, -0.2) is 36.1 Å². The van der Waals surface area contributed by atoms with Crippen LogP contribution in [0, 0.1) is 0 Å². The van der Waals surface area contributed by atoms with Gasteiger partial charge in [-0.25, -0.2) is 0 Å². The van der Waals surface area contributed by atoms with E-state index in [1.54, 1.807) is 0 Å². The van der Waals surface area contributed by atoms with Gasteiger partial charge in [0.1, 0.15) is 5.84 Å². The average Bonchev–Trinajstić information content (AvgIpc) is 2.79. The number of rotatable bonds is 6. The fourth-order valence-corrected chi connectivity index (χ4v) is 3.01. The number of aromatic amines is 1. The van der Waals surface area contributed by atoms with Crippen LogP contribution in [0.3, 0.4) is 0 Å². The summed E-state index contributed by atoms with van der Waals surface area (Å²) < 4.78 is 29.7. The Bertz CT molecular complexity index is 722. The minimum absolute atomic E-state index is 0.0350. The molecule has 0 aliphatic carbocycles. The Labute approximate surface area is 120 Å². The van der Waals surface area contributed by atoms with Crippen molar-refractivity contribution < 1.29 is 13.0 Å². The second-order valence-electron chi connectivity index (χ2n) is 4.17. The molecular weight excluding hydrogens is 298 g/mol. The number of hydrogen-bond acceptors (Lipinski definition) is 4. The van der Waals surface area contributed by atoms with Crippen LogP contribution in [0.5, 0.6) is 0 Å². The third kappa shape index (κ3) is 4.26. The van der Waals surface area contributed by atoms with E-state index in [1.165, 1.54) is 0 Å². The van der Waals surface area contributed by atoms with Gasteiger partial charge in [-0.15, -0.1) is 0 Å². The predicted molar refractivity (Wildman–Crippen MR) is 82.5 cm³/mol. The average molecular weight is 313 g/mol. The molecule has 0 atom stereocenters. The number of nitrogens with two attached hydrogens (primary N) is 1. The summed E-state index contributed by atoms with van der Waals surface area (Å²) in [4.78, 5) is 7.27. The van der Waals surface area contributed by atoms with E-state index in [0.717, 1.165) is 16.5 Å². The molecule has 0 radical (unpaired) electrons. The van der Waals surface area contributed by atoms with Crippen molar-refractivity contribution in [1.29, 1.82) is 0 Å². The Balaban J connectivity index is 1.92. The molecule has 8 heteroatoms. The number of benzene rings is 1. The molecule has 0 fully saturated rings. The summed E-state index contributed by atoms with van der Waals surface area (Å²) in [6, 6.07) is 7.97. The zero-order valence-corrected chi connectivity index (χ0v) is 12.2. The van der Waals surface area contributed by atoms with Gasteiger partial charge in [0.05, 0.1) is 5.75 Å². The Hall–Kier alpha value is -1.51. The van der Waals surface area contributed by atoms with Gasteiger partial charge in [0.2, 0.25) is 0 Å². The van der Waals surface area contributed by atoms with E-state index in [2.05, 4.69) is 9.98 Å². The first-order chi connectivity index (χ1) is 9.46. The van der Waals surface area contributed by atoms with E-state index < -0.39 is 9.15 Å². The summed E-state index contributed by atoms with van der Waals surface area (Å²) in [5.74, 6) is 0.166. The molecule has 2 aromatic rings. The van der Waals surface area contributed by atoms with Crippen LogP contribution in [0.1, 0.15) is 5.56 Å². The molecule has 2 rings (SSSR count). The van der Waals surface area contributed by atoms with Crippen LogP contribution in [0.4, 0.5) is 0 Å². The minimum Gasteiger partial charge on any atom is -0.387 e. The number of hydrogen-bond donors (Lipinski definition) is 3. The van der Waals surface area contributed by atoms with Gasteiger partial charge in [-0.1, -0.05) is 18.2 Å². The van der Waals surface area contributed by atoms with Gasteiger partial charge in [0.25, 0.3) is 0 Å². The molecule has 0 aliphatic heterocycles. The predicted octanol–water partition coefficient (Wildman–Crippen LogP) is 1.60. The van der Waals surface area contributed by atoms with Gasteiger partial charge in [-0.05, 0) is 18.1 Å². The molecule has 0 saturated heterocycles. The van der Waals surface area contributed by atoms with Crippen molar-refractivity contribution in [2.75, 3.05) is 12.3 Å². The lowest BCUT2D eigenvalue weighted by Crippen LogP contribution is -2.16. The van der Waals surface area contributed by atoms with Crippen molar-refractivity contribution in [2.45, 2.75) is 6.42 Å². The first kappa shape index (κ1) is 14.9. The van der Waals surface area contributed by atoms with Crippen LogP contribution in [0.25, 0.3) is 10.9 Å². The molecule has 20 heavy (non-hydrogen) atoms. The molecule has 0 aliphatic rings. The number of nitrogens with one attached hydrogen (secondary N) is 1. The standard InChI is InChI=1S/C12H15N3O3S2/c13-12(8-19-20(16,17)18)14-6-5-9-7-15-11-4-2-1-3-10(9)11/h1-4,7,15H,5-6,8H2,(H2,13,14)(H,16,17,18). The number of H-pyrrole nitrogens is 1. The van der Waals surface area contributed by atoms with Crippen LogP contribution in [0.2, 0.25) is 0 Å². The summed E-state index contributed by atoms with van der Waals surface area (Å²) in [7, 11) is -3.71. The fraction of sp³-hybridized carbons (Fsp3) is 0.250. The zero-order valence-electron chi connectivity index (χ0n) is 10.6. The van der Waals surface area contributed by atoms with Crippen molar-refractivity contribution in [2.24, 2.45) is 10.7 Å². The van der Waals surface area contributed by atoms with Gasteiger partial charge >= 0.3 is 9.15 Å². The molecule has 4 N–H and O–H groups in total. The topological polar surface area (TPSA) is 109 Å². The lowest BCUT2D eigenvalue weighted by Gasteiger charge is -1.99. The Kier molecular flexibility index (Phi) is 4.69. The molecule has 0 amide bonds. The molecule has 108 valence electrons. The second-order valence-corrected chi connectivity index (χ2v) is 7.52. The molecule has 0 unspecified atom stereocenters. The molecule has 0 spiro atoms. The number of nitrogens with zero attached hydrogens (tertiary/aromatic N) is 1. The summed E-state index contributed by atoms with van der Waals surface area (Å²) >= 11 is 0. The van der Waals surface area contributed by atoms with Gasteiger partial charge in [0, 0.05) is 34.4 Å². The van der Waals surface area contributed by atoms with Gasteiger partial charge in [-0.3, -0.25) is 9.55 Å². The van der Waals surface area contributed by atoms with Crippen molar-refractivity contribution >= 4 is 36.7 Å². The van der Waals surface area contributed by atoms with E-state index in [4.69, 9.17) is 10.3 Å². The van der Waals surface area contributed by atoms with Crippen LogP contribution >= 0.6 is 10.8 Å². The van der Waals surface area contributed by atoms with Crippen LogP contribution in [0.15, 0.2) is 35.5 Å². The maximum absolute atomic E-state index is 10.5. The molecule has 1 aromatic heterocycles.